The number of esters is 1. The van der Waals surface area contributed by atoms with Crippen LogP contribution >= 0.6 is 0 Å². The minimum Gasteiger partial charge on any atom is -0.503 e. The third kappa shape index (κ3) is 4.17. The van der Waals surface area contributed by atoms with Gasteiger partial charge in [0.2, 0.25) is 0 Å². The summed E-state index contributed by atoms with van der Waals surface area (Å²) in [4.78, 5) is 11.6. The zero-order chi connectivity index (χ0) is 14.4. The average Bonchev–Trinajstić information content (AvgIpc) is 2.35. The molecule has 0 spiro atoms. The number of carbonyl (C=O) groups is 1. The number of hydrogen-bond acceptors (Lipinski definition) is 4. The molecule has 0 saturated carbocycles. The molecule has 0 bridgehead atoms. The topological polar surface area (TPSA) is 55.8 Å². The summed E-state index contributed by atoms with van der Waals surface area (Å²) in [5.41, 5.74) is 0.208. The smallest absolute Gasteiger partial charge is 0.335 e. The van der Waals surface area contributed by atoms with Crippen molar-refractivity contribution in [3.8, 4) is 5.75 Å². The lowest BCUT2D eigenvalue weighted by Crippen LogP contribution is -2.29. The fourth-order valence-corrected chi connectivity index (χ4v) is 1.60. The van der Waals surface area contributed by atoms with Gasteiger partial charge in [-0.05, 0) is 31.5 Å². The Balaban J connectivity index is 2.87. The molecule has 1 unspecified atom stereocenters. The number of phenols is 1. The van der Waals surface area contributed by atoms with Crippen LogP contribution in [0.2, 0.25) is 0 Å². The molecule has 1 N–H and O–H groups in total. The molecule has 0 aromatic heterocycles. The van der Waals surface area contributed by atoms with Crippen LogP contribution in [0, 0.1) is 11.6 Å². The number of hydrogen-bond donors (Lipinski definition) is 1. The highest BCUT2D eigenvalue weighted by Crippen LogP contribution is 2.22. The van der Waals surface area contributed by atoms with Crippen LogP contribution in [0.15, 0.2) is 12.1 Å². The second-order valence-corrected chi connectivity index (χ2v) is 3.81. The molecule has 0 aliphatic carbocycles. The maximum atomic E-state index is 13.2. The van der Waals surface area contributed by atoms with Crippen molar-refractivity contribution in [2.24, 2.45) is 0 Å². The van der Waals surface area contributed by atoms with Gasteiger partial charge >= 0.3 is 5.97 Å². The van der Waals surface area contributed by atoms with Crippen LogP contribution in [0.4, 0.5) is 8.78 Å². The molecule has 4 nitrogen and oxygen atoms in total. The van der Waals surface area contributed by atoms with Gasteiger partial charge in [-0.25, -0.2) is 13.6 Å². The fourth-order valence-electron chi connectivity index (χ4n) is 1.60. The Morgan fingerprint density at radius 3 is 2.32 bits per heavy atom. The van der Waals surface area contributed by atoms with Crippen LogP contribution in [0.1, 0.15) is 19.4 Å². The van der Waals surface area contributed by atoms with Gasteiger partial charge in [-0.15, -0.1) is 0 Å². The average molecular weight is 274 g/mol. The number of benzene rings is 1. The number of aromatic hydroxyl groups is 1. The van der Waals surface area contributed by atoms with E-state index in [0.717, 1.165) is 12.1 Å². The van der Waals surface area contributed by atoms with Crippen molar-refractivity contribution in [2.45, 2.75) is 26.4 Å². The second-order valence-electron chi connectivity index (χ2n) is 3.81. The first-order valence-corrected chi connectivity index (χ1v) is 5.94. The maximum Gasteiger partial charge on any atom is 0.335 e. The van der Waals surface area contributed by atoms with Gasteiger partial charge in [0.15, 0.2) is 23.5 Å². The Bertz CT molecular complexity index is 425. The van der Waals surface area contributed by atoms with E-state index in [1.165, 1.54) is 0 Å². The minimum absolute atomic E-state index is 0.0270. The molecule has 1 rings (SSSR count). The van der Waals surface area contributed by atoms with E-state index < -0.39 is 29.5 Å². The standard InChI is InChI=1S/C13H16F2O4/c1-3-18-11(13(17)19-4-2)7-8-5-9(14)12(16)10(15)6-8/h5-6,11,16H,3-4,7H2,1-2H3. The Morgan fingerprint density at radius 1 is 1.26 bits per heavy atom. The monoisotopic (exact) mass is 274 g/mol. The van der Waals surface area contributed by atoms with Crippen LogP contribution in [0.5, 0.6) is 5.75 Å². The quantitative estimate of drug-likeness (QED) is 0.808. The molecule has 1 aromatic carbocycles. The van der Waals surface area contributed by atoms with Crippen LogP contribution in [-0.4, -0.2) is 30.4 Å². The molecule has 0 fully saturated rings. The van der Waals surface area contributed by atoms with E-state index in [9.17, 15) is 13.6 Å². The summed E-state index contributed by atoms with van der Waals surface area (Å²) < 4.78 is 36.4. The number of halogens is 2. The first-order chi connectivity index (χ1) is 8.99. The minimum atomic E-state index is -1.07. The van der Waals surface area contributed by atoms with Gasteiger partial charge in [0.25, 0.3) is 0 Å². The van der Waals surface area contributed by atoms with E-state index in [4.69, 9.17) is 14.6 Å². The van der Waals surface area contributed by atoms with Crippen LogP contribution in [0.25, 0.3) is 0 Å². The summed E-state index contributed by atoms with van der Waals surface area (Å²) in [7, 11) is 0. The van der Waals surface area contributed by atoms with Crippen molar-refractivity contribution in [1.82, 2.24) is 0 Å². The summed E-state index contributed by atoms with van der Waals surface area (Å²) in [6.45, 7) is 3.82. The van der Waals surface area contributed by atoms with Crippen molar-refractivity contribution in [3.05, 3.63) is 29.3 Å². The van der Waals surface area contributed by atoms with Crippen LogP contribution in [-0.2, 0) is 20.7 Å². The molecule has 19 heavy (non-hydrogen) atoms. The van der Waals surface area contributed by atoms with Crippen LogP contribution < -0.4 is 0 Å². The molecule has 0 saturated heterocycles. The molecule has 1 atom stereocenters. The molecular formula is C13H16F2O4. The summed E-state index contributed by atoms with van der Waals surface area (Å²) >= 11 is 0. The molecule has 0 amide bonds. The highest BCUT2D eigenvalue weighted by Gasteiger charge is 2.22. The zero-order valence-electron chi connectivity index (χ0n) is 10.8. The van der Waals surface area contributed by atoms with Crippen molar-refractivity contribution in [3.63, 3.8) is 0 Å². The first-order valence-electron chi connectivity index (χ1n) is 5.94. The maximum absolute atomic E-state index is 13.2. The van der Waals surface area contributed by atoms with Gasteiger partial charge in [-0.3, -0.25) is 0 Å². The number of ether oxygens (including phenoxy) is 2. The number of phenolic OH excluding ortho intramolecular Hbond substituents is 1. The molecule has 6 heteroatoms. The Kier molecular flexibility index (Phi) is 5.69. The Labute approximate surface area is 109 Å². The molecule has 0 aliphatic heterocycles. The molecule has 0 heterocycles. The molecule has 106 valence electrons. The van der Waals surface area contributed by atoms with Crippen molar-refractivity contribution >= 4 is 5.97 Å². The van der Waals surface area contributed by atoms with Gasteiger partial charge in [0.05, 0.1) is 6.61 Å². The van der Waals surface area contributed by atoms with Crippen molar-refractivity contribution < 1.29 is 28.2 Å². The first kappa shape index (κ1) is 15.4. The summed E-state index contributed by atoms with van der Waals surface area (Å²) in [6, 6.07) is 1.92. The second kappa shape index (κ2) is 7.04. The molecular weight excluding hydrogens is 258 g/mol. The largest absolute Gasteiger partial charge is 0.503 e. The third-order valence-corrected chi connectivity index (χ3v) is 2.42. The SMILES string of the molecule is CCOC(=O)C(Cc1cc(F)c(O)c(F)c1)OCC. The van der Waals surface area contributed by atoms with E-state index in [-0.39, 0.29) is 25.2 Å². The molecule has 0 radical (unpaired) electrons. The van der Waals surface area contributed by atoms with Crippen LogP contribution in [0.3, 0.4) is 0 Å². The van der Waals surface area contributed by atoms with Gasteiger partial charge < -0.3 is 14.6 Å². The lowest BCUT2D eigenvalue weighted by atomic mass is 10.1. The lowest BCUT2D eigenvalue weighted by Gasteiger charge is -2.15. The van der Waals surface area contributed by atoms with E-state index in [1.54, 1.807) is 13.8 Å². The zero-order valence-corrected chi connectivity index (χ0v) is 10.8. The van der Waals surface area contributed by atoms with E-state index in [1.807, 2.05) is 0 Å². The third-order valence-electron chi connectivity index (χ3n) is 2.42. The van der Waals surface area contributed by atoms with Gasteiger partial charge in [-0.1, -0.05) is 0 Å². The molecule has 0 aliphatic rings. The predicted octanol–water partition coefficient (Wildman–Crippen LogP) is 2.18. The van der Waals surface area contributed by atoms with E-state index in [0.29, 0.717) is 0 Å². The number of rotatable bonds is 6. The predicted molar refractivity (Wildman–Crippen MR) is 63.8 cm³/mol. The number of carbonyl (C=O) groups excluding carboxylic acids is 1. The fraction of sp³-hybridized carbons (Fsp3) is 0.462. The van der Waals surface area contributed by atoms with Crippen molar-refractivity contribution in [1.29, 1.82) is 0 Å². The molecule has 1 aromatic rings. The van der Waals surface area contributed by atoms with Crippen molar-refractivity contribution in [2.75, 3.05) is 13.2 Å². The lowest BCUT2D eigenvalue weighted by molar-refractivity contribution is -0.156. The van der Waals surface area contributed by atoms with Gasteiger partial charge in [0.1, 0.15) is 0 Å². The normalized spacial score (nSPS) is 12.2. The van der Waals surface area contributed by atoms with Gasteiger partial charge in [0, 0.05) is 13.0 Å². The van der Waals surface area contributed by atoms with Gasteiger partial charge in [-0.2, -0.15) is 0 Å². The highest BCUT2D eigenvalue weighted by atomic mass is 19.1. The van der Waals surface area contributed by atoms with E-state index >= 15 is 0 Å². The summed E-state index contributed by atoms with van der Waals surface area (Å²) in [5, 5.41) is 8.99. The Morgan fingerprint density at radius 2 is 1.84 bits per heavy atom. The van der Waals surface area contributed by atoms with E-state index in [2.05, 4.69) is 0 Å². The summed E-state index contributed by atoms with van der Waals surface area (Å²) in [6.07, 6.45) is -0.950. The Hall–Kier alpha value is -1.69. The highest BCUT2D eigenvalue weighted by molar-refractivity contribution is 5.75. The summed E-state index contributed by atoms with van der Waals surface area (Å²) in [5.74, 6) is -3.77.